The second-order valence-electron chi connectivity index (χ2n) is 10.3. The molecule has 0 aromatic heterocycles. The van der Waals surface area contributed by atoms with Crippen LogP contribution in [-0.2, 0) is 5.41 Å². The zero-order chi connectivity index (χ0) is 23.7. The highest BCUT2D eigenvalue weighted by Crippen LogP contribution is 2.57. The van der Waals surface area contributed by atoms with Gasteiger partial charge in [0.25, 0.3) is 0 Å². The van der Waals surface area contributed by atoms with Crippen molar-refractivity contribution in [1.82, 2.24) is 0 Å². The van der Waals surface area contributed by atoms with Crippen molar-refractivity contribution in [1.29, 1.82) is 0 Å². The third-order valence-corrected chi connectivity index (χ3v) is 8.25. The Labute approximate surface area is 199 Å². The van der Waals surface area contributed by atoms with Crippen LogP contribution in [0.3, 0.4) is 0 Å². The maximum absolute atomic E-state index is 2.46. The first-order chi connectivity index (χ1) is 15.6. The molecule has 0 radical (unpaired) electrons. The normalized spacial score (nSPS) is 13.7. The van der Waals surface area contributed by atoms with Gasteiger partial charge in [-0.2, -0.15) is 0 Å². The number of hydrogen-bond donors (Lipinski definition) is 0. The monoisotopic (exact) mass is 430 g/mol. The fourth-order valence-electron chi connectivity index (χ4n) is 5.58. The van der Waals surface area contributed by atoms with Crippen molar-refractivity contribution in [2.24, 2.45) is 0 Å². The second kappa shape index (κ2) is 7.45. The molecule has 33 heavy (non-hydrogen) atoms. The average molecular weight is 431 g/mol. The summed E-state index contributed by atoms with van der Waals surface area (Å²) in [5, 5.41) is 0. The fourth-order valence-corrected chi connectivity index (χ4v) is 5.58. The molecule has 0 unspecified atom stereocenters. The van der Waals surface area contributed by atoms with Gasteiger partial charge in [-0.15, -0.1) is 0 Å². The highest BCUT2D eigenvalue weighted by Gasteiger charge is 2.46. The first kappa shape index (κ1) is 21.7. The number of rotatable bonds is 2. The van der Waals surface area contributed by atoms with Crippen LogP contribution >= 0.6 is 0 Å². The molecular weight excluding hydrogens is 396 g/mol. The van der Waals surface area contributed by atoms with E-state index in [1.54, 1.807) is 0 Å². The summed E-state index contributed by atoms with van der Waals surface area (Å²) in [5.41, 5.74) is 18.8. The molecule has 0 saturated heterocycles. The largest absolute Gasteiger partial charge is 0.0713 e. The Morgan fingerprint density at radius 2 is 0.697 bits per heavy atom. The van der Waals surface area contributed by atoms with Crippen LogP contribution in [-0.4, -0.2) is 0 Å². The molecule has 0 bridgehead atoms. The van der Waals surface area contributed by atoms with E-state index in [0.717, 1.165) is 0 Å². The first-order valence-corrected chi connectivity index (χ1v) is 12.0. The van der Waals surface area contributed by atoms with Gasteiger partial charge in [-0.1, -0.05) is 60.7 Å². The molecule has 1 aliphatic carbocycles. The van der Waals surface area contributed by atoms with Crippen LogP contribution in [0.1, 0.15) is 66.8 Å². The summed E-state index contributed by atoms with van der Waals surface area (Å²) < 4.78 is 0. The van der Waals surface area contributed by atoms with E-state index in [4.69, 9.17) is 0 Å². The van der Waals surface area contributed by atoms with Gasteiger partial charge in [0.15, 0.2) is 0 Å². The molecular formula is C33H34. The second-order valence-corrected chi connectivity index (χ2v) is 10.3. The molecule has 166 valence electrons. The lowest BCUT2D eigenvalue weighted by atomic mass is 9.66. The summed E-state index contributed by atoms with van der Waals surface area (Å²) in [7, 11) is 0. The Hall–Kier alpha value is -3.12. The molecule has 0 N–H and O–H groups in total. The third kappa shape index (κ3) is 3.04. The standard InChI is InChI=1S/C33H34/c1-19-9-11-27(13-21(19)3)33(28-12-10-20(2)22(4)14-28)31-17-25(7)23(5)15-29(31)30-16-24(6)26(8)18-32(30)33/h9-18H,1-8H3. The van der Waals surface area contributed by atoms with E-state index in [-0.39, 0.29) is 5.41 Å². The van der Waals surface area contributed by atoms with E-state index in [0.29, 0.717) is 0 Å². The average Bonchev–Trinajstić information content (AvgIpc) is 3.02. The third-order valence-electron chi connectivity index (χ3n) is 8.25. The molecule has 0 spiro atoms. The van der Waals surface area contributed by atoms with Gasteiger partial charge in [0.1, 0.15) is 0 Å². The van der Waals surface area contributed by atoms with Gasteiger partial charge < -0.3 is 0 Å². The van der Waals surface area contributed by atoms with Gasteiger partial charge in [-0.05, 0) is 133 Å². The van der Waals surface area contributed by atoms with Crippen LogP contribution < -0.4 is 0 Å². The van der Waals surface area contributed by atoms with E-state index in [1.807, 2.05) is 0 Å². The fraction of sp³-hybridized carbons (Fsp3) is 0.273. The maximum Gasteiger partial charge on any atom is 0.0713 e. The van der Waals surface area contributed by atoms with Crippen LogP contribution in [0.4, 0.5) is 0 Å². The highest BCUT2D eigenvalue weighted by molar-refractivity contribution is 5.87. The lowest BCUT2D eigenvalue weighted by Gasteiger charge is -2.35. The molecule has 0 heteroatoms. The van der Waals surface area contributed by atoms with Crippen molar-refractivity contribution >= 4 is 0 Å². The van der Waals surface area contributed by atoms with Gasteiger partial charge >= 0.3 is 0 Å². The summed E-state index contributed by atoms with van der Waals surface area (Å²) >= 11 is 0. The van der Waals surface area contributed by atoms with Crippen molar-refractivity contribution in [3.63, 3.8) is 0 Å². The molecule has 1 aliphatic rings. The number of fused-ring (bicyclic) bond motifs is 3. The van der Waals surface area contributed by atoms with Crippen molar-refractivity contribution in [3.05, 3.63) is 127 Å². The van der Waals surface area contributed by atoms with Gasteiger partial charge in [0.2, 0.25) is 0 Å². The van der Waals surface area contributed by atoms with Crippen LogP contribution in [0.5, 0.6) is 0 Å². The van der Waals surface area contributed by atoms with Crippen molar-refractivity contribution < 1.29 is 0 Å². The molecule has 0 saturated carbocycles. The minimum Gasteiger partial charge on any atom is -0.0587 e. The molecule has 5 rings (SSSR count). The number of benzene rings is 4. The van der Waals surface area contributed by atoms with E-state index < -0.39 is 0 Å². The Balaban J connectivity index is 2.02. The van der Waals surface area contributed by atoms with Crippen molar-refractivity contribution in [3.8, 4) is 11.1 Å². The Morgan fingerprint density at radius 1 is 0.364 bits per heavy atom. The van der Waals surface area contributed by atoms with E-state index >= 15 is 0 Å². The number of hydrogen-bond acceptors (Lipinski definition) is 0. The lowest BCUT2D eigenvalue weighted by Crippen LogP contribution is -2.29. The van der Waals surface area contributed by atoms with Crippen LogP contribution in [0.2, 0.25) is 0 Å². The van der Waals surface area contributed by atoms with Crippen LogP contribution in [0.15, 0.2) is 60.7 Å². The quantitative estimate of drug-likeness (QED) is 0.263. The van der Waals surface area contributed by atoms with E-state index in [2.05, 4.69) is 116 Å². The van der Waals surface area contributed by atoms with Gasteiger partial charge in [0, 0.05) is 0 Å². The molecule has 0 aliphatic heterocycles. The summed E-state index contributed by atoms with van der Waals surface area (Å²) in [5.74, 6) is 0. The Bertz CT molecular complexity index is 1320. The molecule has 0 atom stereocenters. The minimum absolute atomic E-state index is 0.321. The SMILES string of the molecule is Cc1ccc(C2(c3ccc(C)c(C)c3)c3cc(C)c(C)cc3-c3cc(C)c(C)cc32)cc1C. The Morgan fingerprint density at radius 3 is 1.06 bits per heavy atom. The molecule has 0 amide bonds. The van der Waals surface area contributed by atoms with Crippen LogP contribution in [0.25, 0.3) is 11.1 Å². The van der Waals surface area contributed by atoms with Crippen molar-refractivity contribution in [2.75, 3.05) is 0 Å². The molecule has 0 fully saturated rings. The summed E-state index contributed by atoms with van der Waals surface area (Å²) in [4.78, 5) is 0. The van der Waals surface area contributed by atoms with Crippen molar-refractivity contribution in [2.45, 2.75) is 60.8 Å². The predicted octanol–water partition coefficient (Wildman–Crippen LogP) is 8.52. The van der Waals surface area contributed by atoms with Gasteiger partial charge in [-0.25, -0.2) is 0 Å². The van der Waals surface area contributed by atoms with E-state index in [9.17, 15) is 0 Å². The Kier molecular flexibility index (Phi) is 4.90. The zero-order valence-corrected chi connectivity index (χ0v) is 21.3. The topological polar surface area (TPSA) is 0 Å². The predicted molar refractivity (Wildman–Crippen MR) is 142 cm³/mol. The highest BCUT2D eigenvalue weighted by atomic mass is 14.5. The molecule has 0 nitrogen and oxygen atoms in total. The summed E-state index contributed by atoms with van der Waals surface area (Å²) in [6.07, 6.45) is 0. The zero-order valence-electron chi connectivity index (χ0n) is 21.3. The summed E-state index contributed by atoms with van der Waals surface area (Å²) in [6, 6.07) is 23.9. The smallest absolute Gasteiger partial charge is 0.0587 e. The van der Waals surface area contributed by atoms with Gasteiger partial charge in [-0.3, -0.25) is 0 Å². The summed E-state index contributed by atoms with van der Waals surface area (Å²) in [6.45, 7) is 17.9. The van der Waals surface area contributed by atoms with Gasteiger partial charge in [0.05, 0.1) is 5.41 Å². The van der Waals surface area contributed by atoms with Crippen LogP contribution in [0, 0.1) is 55.4 Å². The molecule has 4 aromatic rings. The first-order valence-electron chi connectivity index (χ1n) is 12.0. The lowest BCUT2D eigenvalue weighted by molar-refractivity contribution is 0.762. The van der Waals surface area contributed by atoms with E-state index in [1.165, 1.54) is 77.9 Å². The minimum atomic E-state index is -0.321. The maximum atomic E-state index is 2.46. The molecule has 0 heterocycles. The molecule has 4 aromatic carbocycles. The number of aryl methyl sites for hydroxylation is 8.